The third-order valence-corrected chi connectivity index (χ3v) is 5.85. The van der Waals surface area contributed by atoms with Crippen molar-refractivity contribution >= 4 is 21.6 Å². The molecule has 1 aliphatic heterocycles. The van der Waals surface area contributed by atoms with E-state index in [9.17, 15) is 9.50 Å². The number of rotatable bonds is 5. The van der Waals surface area contributed by atoms with Crippen molar-refractivity contribution in [1.29, 1.82) is 0 Å². The minimum atomic E-state index is -0.845. The molecule has 0 amide bonds. The SMILES string of the molecule is O[C@H]1c2cc(OCc3nc4cc(F)ccc4s3)ccc2OC[C@H]1Oc1ccccc1. The zero-order valence-electron chi connectivity index (χ0n) is 15.8. The Morgan fingerprint density at radius 3 is 2.80 bits per heavy atom. The van der Waals surface area contributed by atoms with Crippen LogP contribution in [0.2, 0.25) is 0 Å². The summed E-state index contributed by atoms with van der Waals surface area (Å²) in [5.41, 5.74) is 1.24. The molecule has 1 aromatic heterocycles. The van der Waals surface area contributed by atoms with Crippen LogP contribution in [0.3, 0.4) is 0 Å². The Morgan fingerprint density at radius 1 is 1.07 bits per heavy atom. The van der Waals surface area contributed by atoms with Crippen LogP contribution in [0.4, 0.5) is 4.39 Å². The zero-order chi connectivity index (χ0) is 20.5. The maximum atomic E-state index is 13.4. The van der Waals surface area contributed by atoms with Crippen LogP contribution in [0, 0.1) is 5.82 Å². The second kappa shape index (κ2) is 7.93. The minimum absolute atomic E-state index is 0.251. The summed E-state index contributed by atoms with van der Waals surface area (Å²) in [6, 6.07) is 19.2. The van der Waals surface area contributed by atoms with E-state index in [1.54, 1.807) is 24.3 Å². The van der Waals surface area contributed by atoms with Gasteiger partial charge in [-0.1, -0.05) is 18.2 Å². The van der Waals surface area contributed by atoms with Crippen molar-refractivity contribution in [1.82, 2.24) is 4.98 Å². The molecule has 5 nitrogen and oxygen atoms in total. The van der Waals surface area contributed by atoms with E-state index in [1.165, 1.54) is 23.5 Å². The van der Waals surface area contributed by atoms with E-state index in [4.69, 9.17) is 14.2 Å². The first-order valence-corrected chi connectivity index (χ1v) is 10.3. The van der Waals surface area contributed by atoms with E-state index in [-0.39, 0.29) is 19.0 Å². The highest BCUT2D eigenvalue weighted by atomic mass is 32.1. The van der Waals surface area contributed by atoms with Crippen molar-refractivity contribution in [2.75, 3.05) is 6.61 Å². The monoisotopic (exact) mass is 423 g/mol. The summed E-state index contributed by atoms with van der Waals surface area (Å²) in [6.45, 7) is 0.506. The molecule has 5 rings (SSSR count). The molecule has 1 aliphatic rings. The molecule has 7 heteroatoms. The van der Waals surface area contributed by atoms with Gasteiger partial charge in [0.25, 0.3) is 0 Å². The van der Waals surface area contributed by atoms with Gasteiger partial charge in [-0.3, -0.25) is 0 Å². The van der Waals surface area contributed by atoms with Crippen molar-refractivity contribution in [3.8, 4) is 17.2 Å². The number of para-hydroxylation sites is 1. The van der Waals surface area contributed by atoms with Crippen LogP contribution in [-0.4, -0.2) is 22.8 Å². The van der Waals surface area contributed by atoms with Crippen molar-refractivity contribution in [2.24, 2.45) is 0 Å². The van der Waals surface area contributed by atoms with Gasteiger partial charge >= 0.3 is 0 Å². The number of aromatic nitrogens is 1. The summed E-state index contributed by atoms with van der Waals surface area (Å²) >= 11 is 1.46. The van der Waals surface area contributed by atoms with E-state index >= 15 is 0 Å². The molecule has 0 unspecified atom stereocenters. The predicted molar refractivity (Wildman–Crippen MR) is 112 cm³/mol. The Hall–Kier alpha value is -3.16. The predicted octanol–water partition coefficient (Wildman–Crippen LogP) is 4.89. The van der Waals surface area contributed by atoms with Crippen LogP contribution < -0.4 is 14.2 Å². The van der Waals surface area contributed by atoms with Gasteiger partial charge in [0.1, 0.15) is 47.4 Å². The normalized spacial score (nSPS) is 17.9. The number of halogens is 1. The summed E-state index contributed by atoms with van der Waals surface area (Å²) in [7, 11) is 0. The highest BCUT2D eigenvalue weighted by Gasteiger charge is 2.31. The average molecular weight is 423 g/mol. The summed E-state index contributed by atoms with van der Waals surface area (Å²) < 4.78 is 31.8. The topological polar surface area (TPSA) is 60.8 Å². The first-order chi connectivity index (χ1) is 14.7. The molecule has 4 aromatic rings. The first kappa shape index (κ1) is 18.8. The summed E-state index contributed by atoms with van der Waals surface area (Å²) in [5, 5.41) is 11.6. The van der Waals surface area contributed by atoms with Crippen molar-refractivity contribution in [3.05, 3.63) is 83.1 Å². The quantitative estimate of drug-likeness (QED) is 0.495. The molecule has 0 saturated heterocycles. The lowest BCUT2D eigenvalue weighted by molar-refractivity contribution is -0.0104. The largest absolute Gasteiger partial charge is 0.489 e. The molecule has 30 heavy (non-hydrogen) atoms. The van der Waals surface area contributed by atoms with Crippen molar-refractivity contribution in [2.45, 2.75) is 18.8 Å². The van der Waals surface area contributed by atoms with Crippen LogP contribution >= 0.6 is 11.3 Å². The van der Waals surface area contributed by atoms with E-state index in [2.05, 4.69) is 4.98 Å². The van der Waals surface area contributed by atoms with E-state index in [0.717, 1.165) is 9.71 Å². The highest BCUT2D eigenvalue weighted by molar-refractivity contribution is 7.18. The second-order valence-corrected chi connectivity index (χ2v) is 8.05. The fourth-order valence-corrected chi connectivity index (χ4v) is 4.23. The van der Waals surface area contributed by atoms with E-state index < -0.39 is 12.2 Å². The van der Waals surface area contributed by atoms with Gasteiger partial charge in [-0.15, -0.1) is 11.3 Å². The molecule has 2 atom stereocenters. The summed E-state index contributed by atoms with van der Waals surface area (Å²) in [4.78, 5) is 4.41. The third-order valence-electron chi connectivity index (χ3n) is 4.84. The van der Waals surface area contributed by atoms with Gasteiger partial charge < -0.3 is 19.3 Å². The van der Waals surface area contributed by atoms with Gasteiger partial charge in [-0.25, -0.2) is 9.37 Å². The van der Waals surface area contributed by atoms with Crippen molar-refractivity contribution in [3.63, 3.8) is 0 Å². The van der Waals surface area contributed by atoms with Crippen LogP contribution in [0.15, 0.2) is 66.7 Å². The highest BCUT2D eigenvalue weighted by Crippen LogP contribution is 2.36. The van der Waals surface area contributed by atoms with Gasteiger partial charge in [-0.05, 0) is 42.5 Å². The summed E-state index contributed by atoms with van der Waals surface area (Å²) in [6.07, 6.45) is -1.36. The number of hydrogen-bond acceptors (Lipinski definition) is 6. The summed E-state index contributed by atoms with van der Waals surface area (Å²) in [5.74, 6) is 1.56. The number of ether oxygens (including phenoxy) is 3. The molecule has 2 heterocycles. The molecule has 1 N–H and O–H groups in total. The number of nitrogens with zero attached hydrogens (tertiary/aromatic N) is 1. The number of fused-ring (bicyclic) bond motifs is 2. The van der Waals surface area contributed by atoms with Crippen LogP contribution in [0.25, 0.3) is 10.2 Å². The molecule has 3 aromatic carbocycles. The Bertz CT molecular complexity index is 1180. The fourth-order valence-electron chi connectivity index (χ4n) is 3.37. The average Bonchev–Trinajstić information content (AvgIpc) is 3.17. The molecule has 0 aliphatic carbocycles. The van der Waals surface area contributed by atoms with Gasteiger partial charge in [0.05, 0.1) is 10.2 Å². The number of hydrogen-bond donors (Lipinski definition) is 1. The Labute approximate surface area is 176 Å². The van der Waals surface area contributed by atoms with Gasteiger partial charge in [0.2, 0.25) is 0 Å². The lowest BCUT2D eigenvalue weighted by Crippen LogP contribution is -2.35. The standard InChI is InChI=1S/C23H18FNO4S/c24-14-6-9-21-18(10-14)25-22(30-21)13-27-16-7-8-19-17(11-16)23(26)20(12-28-19)29-15-4-2-1-3-5-15/h1-11,20,23,26H,12-13H2/t20-,23+/m1/s1. The first-order valence-electron chi connectivity index (χ1n) is 9.50. The smallest absolute Gasteiger partial charge is 0.163 e. The molecule has 0 bridgehead atoms. The maximum absolute atomic E-state index is 13.4. The van der Waals surface area contributed by atoms with Crippen molar-refractivity contribution < 1.29 is 23.7 Å². The van der Waals surface area contributed by atoms with Gasteiger partial charge in [-0.2, -0.15) is 0 Å². The third kappa shape index (κ3) is 3.81. The number of aliphatic hydroxyl groups is 1. The second-order valence-electron chi connectivity index (χ2n) is 6.93. The van der Waals surface area contributed by atoms with Crippen LogP contribution in [0.1, 0.15) is 16.7 Å². The minimum Gasteiger partial charge on any atom is -0.489 e. The number of thiazole rings is 1. The molecular weight excluding hydrogens is 405 g/mol. The van der Waals surface area contributed by atoms with Crippen LogP contribution in [-0.2, 0) is 6.61 Å². The Balaban J connectivity index is 1.30. The number of benzene rings is 3. The molecular formula is C23H18FNO4S. The Kier molecular flexibility index (Phi) is 4.98. The van der Waals surface area contributed by atoms with E-state index in [0.29, 0.717) is 28.3 Å². The molecule has 0 fully saturated rings. The fraction of sp³-hybridized carbons (Fsp3) is 0.174. The molecule has 152 valence electrons. The number of aliphatic hydroxyl groups excluding tert-OH is 1. The Morgan fingerprint density at radius 2 is 1.93 bits per heavy atom. The lowest BCUT2D eigenvalue weighted by Gasteiger charge is -2.30. The molecule has 0 saturated carbocycles. The molecule has 0 radical (unpaired) electrons. The molecule has 0 spiro atoms. The maximum Gasteiger partial charge on any atom is 0.163 e. The van der Waals surface area contributed by atoms with E-state index in [1.807, 2.05) is 30.3 Å². The zero-order valence-corrected chi connectivity index (χ0v) is 16.6. The van der Waals surface area contributed by atoms with Crippen LogP contribution in [0.5, 0.6) is 17.2 Å². The lowest BCUT2D eigenvalue weighted by atomic mass is 10.0. The van der Waals surface area contributed by atoms with Gasteiger partial charge in [0, 0.05) is 11.6 Å². The van der Waals surface area contributed by atoms with Gasteiger partial charge in [0.15, 0.2) is 6.10 Å².